The van der Waals surface area contributed by atoms with Crippen molar-refractivity contribution in [1.29, 1.82) is 0 Å². The van der Waals surface area contributed by atoms with Crippen molar-refractivity contribution < 1.29 is 15.0 Å². The lowest BCUT2D eigenvalue weighted by Gasteiger charge is -2.38. The molecule has 38 heavy (non-hydrogen) atoms. The molecule has 0 saturated carbocycles. The van der Waals surface area contributed by atoms with Crippen LogP contribution < -0.4 is 0 Å². The first-order valence-corrected chi connectivity index (χ1v) is 15.1. The monoisotopic (exact) mass is 519 g/mol. The van der Waals surface area contributed by atoms with E-state index in [-0.39, 0.29) is 23.4 Å². The van der Waals surface area contributed by atoms with Gasteiger partial charge in [-0.1, -0.05) is 101 Å². The largest absolute Gasteiger partial charge is 0.504 e. The number of carbonyl (C=O) groups is 1. The minimum Gasteiger partial charge on any atom is -0.504 e. The van der Waals surface area contributed by atoms with Crippen LogP contribution in [0.5, 0.6) is 11.5 Å². The lowest BCUT2D eigenvalue weighted by atomic mass is 9.88. The van der Waals surface area contributed by atoms with E-state index in [1.54, 1.807) is 12.1 Å². The molecular formula is C34H49NO3. The summed E-state index contributed by atoms with van der Waals surface area (Å²) < 4.78 is 0. The van der Waals surface area contributed by atoms with Gasteiger partial charge in [0.2, 0.25) is 5.91 Å². The Morgan fingerprint density at radius 1 is 0.842 bits per heavy atom. The number of amides is 1. The zero-order valence-electron chi connectivity index (χ0n) is 23.5. The van der Waals surface area contributed by atoms with Crippen LogP contribution in [0, 0.1) is 0 Å². The first-order valence-electron chi connectivity index (χ1n) is 15.1. The first kappa shape index (κ1) is 29.8. The van der Waals surface area contributed by atoms with Gasteiger partial charge in [-0.15, -0.1) is 0 Å². The van der Waals surface area contributed by atoms with Crippen molar-refractivity contribution in [3.05, 3.63) is 71.3 Å². The van der Waals surface area contributed by atoms with Gasteiger partial charge in [0.1, 0.15) is 0 Å². The van der Waals surface area contributed by atoms with Crippen molar-refractivity contribution >= 4 is 5.91 Å². The van der Waals surface area contributed by atoms with Crippen molar-refractivity contribution in [3.63, 3.8) is 0 Å². The molecule has 0 aliphatic carbocycles. The number of rotatable bonds is 17. The summed E-state index contributed by atoms with van der Waals surface area (Å²) in [5.74, 6) is -0.00887. The highest BCUT2D eigenvalue weighted by atomic mass is 16.3. The summed E-state index contributed by atoms with van der Waals surface area (Å²) in [5, 5.41) is 20.2. The number of aromatic hydroxyl groups is 2. The minimum atomic E-state index is -0.122. The first-order chi connectivity index (χ1) is 18.6. The fraction of sp³-hybridized carbons (Fsp3) is 0.559. The number of benzene rings is 2. The maximum absolute atomic E-state index is 13.3. The normalized spacial score (nSPS) is 15.2. The lowest BCUT2D eigenvalue weighted by Crippen LogP contribution is -2.41. The molecule has 3 rings (SSSR count). The average molecular weight is 520 g/mol. The summed E-state index contributed by atoms with van der Waals surface area (Å²) in [6.45, 7) is 2.92. The van der Waals surface area contributed by atoms with Crippen LogP contribution in [0.3, 0.4) is 0 Å². The Bertz CT molecular complexity index is 985. The molecule has 1 heterocycles. The fourth-order valence-corrected chi connectivity index (χ4v) is 5.57. The standard InChI is InChI=1S/C34H49NO3/c1-2-3-4-5-6-7-8-9-10-11-12-13-14-15-19-22-34(38)35-24-23-29-26-32(36)33(37)27-30(29)31(35)25-28-20-17-16-18-21-28/h9-10,16-18,20-21,26-27,31,36-37H,2-8,11-15,19,22-25H2,1H3/b10-9-. The van der Waals surface area contributed by atoms with Gasteiger partial charge in [-0.2, -0.15) is 0 Å². The predicted octanol–water partition coefficient (Wildman–Crippen LogP) is 8.80. The van der Waals surface area contributed by atoms with Crippen LogP contribution in [-0.4, -0.2) is 27.6 Å². The quantitative estimate of drug-likeness (QED) is 0.125. The maximum atomic E-state index is 13.3. The number of fused-ring (bicyclic) bond motifs is 1. The number of allylic oxidation sites excluding steroid dienone is 2. The van der Waals surface area contributed by atoms with Gasteiger partial charge < -0.3 is 15.1 Å². The molecule has 4 heteroatoms. The van der Waals surface area contributed by atoms with Crippen LogP contribution in [0.4, 0.5) is 0 Å². The molecule has 208 valence electrons. The zero-order chi connectivity index (χ0) is 27.0. The SMILES string of the molecule is CCCCCCCC/C=C\CCCCCCCC(=O)N1CCc2cc(O)c(O)cc2C1Cc1ccccc1. The van der Waals surface area contributed by atoms with E-state index in [2.05, 4.69) is 31.2 Å². The van der Waals surface area contributed by atoms with Crippen molar-refractivity contribution in [3.8, 4) is 11.5 Å². The number of phenolic OH excluding ortho intramolecular Hbond substituents is 2. The van der Waals surface area contributed by atoms with Gasteiger partial charge in [0.25, 0.3) is 0 Å². The Morgan fingerprint density at radius 3 is 2.13 bits per heavy atom. The smallest absolute Gasteiger partial charge is 0.223 e. The second kappa shape index (κ2) is 17.0. The van der Waals surface area contributed by atoms with E-state index in [0.717, 1.165) is 29.5 Å². The van der Waals surface area contributed by atoms with Gasteiger partial charge in [0.15, 0.2) is 11.5 Å². The van der Waals surface area contributed by atoms with Crippen LogP contribution in [0.15, 0.2) is 54.6 Å². The molecule has 1 aliphatic heterocycles. The highest BCUT2D eigenvalue weighted by Crippen LogP contribution is 2.39. The third kappa shape index (κ3) is 9.85. The van der Waals surface area contributed by atoms with E-state index in [4.69, 9.17) is 0 Å². The van der Waals surface area contributed by atoms with Gasteiger partial charge in [0.05, 0.1) is 6.04 Å². The van der Waals surface area contributed by atoms with E-state index in [9.17, 15) is 15.0 Å². The molecule has 2 aromatic carbocycles. The lowest BCUT2D eigenvalue weighted by molar-refractivity contribution is -0.134. The minimum absolute atomic E-state index is 0.0877. The molecule has 1 atom stereocenters. The molecule has 0 bridgehead atoms. The Hall–Kier alpha value is -2.75. The summed E-state index contributed by atoms with van der Waals surface area (Å²) in [6.07, 6.45) is 22.9. The molecule has 1 unspecified atom stereocenters. The Kier molecular flexibility index (Phi) is 13.3. The highest BCUT2D eigenvalue weighted by molar-refractivity contribution is 5.77. The van der Waals surface area contributed by atoms with Crippen LogP contribution in [0.1, 0.15) is 120 Å². The van der Waals surface area contributed by atoms with Crippen LogP contribution in [-0.2, 0) is 17.6 Å². The van der Waals surface area contributed by atoms with Gasteiger partial charge >= 0.3 is 0 Å². The number of unbranched alkanes of at least 4 members (excludes halogenated alkanes) is 11. The maximum Gasteiger partial charge on any atom is 0.223 e. The number of nitrogens with zero attached hydrogens (tertiary/aromatic N) is 1. The molecule has 2 N–H and O–H groups in total. The van der Waals surface area contributed by atoms with Gasteiger partial charge in [0, 0.05) is 13.0 Å². The predicted molar refractivity (Wildman–Crippen MR) is 158 cm³/mol. The van der Waals surface area contributed by atoms with Crippen molar-refractivity contribution in [2.75, 3.05) is 6.54 Å². The summed E-state index contributed by atoms with van der Waals surface area (Å²) >= 11 is 0. The van der Waals surface area contributed by atoms with E-state index >= 15 is 0 Å². The third-order valence-corrected chi connectivity index (χ3v) is 7.84. The van der Waals surface area contributed by atoms with E-state index < -0.39 is 0 Å². The van der Waals surface area contributed by atoms with E-state index in [0.29, 0.717) is 25.8 Å². The molecule has 2 aromatic rings. The van der Waals surface area contributed by atoms with Crippen molar-refractivity contribution in [1.82, 2.24) is 4.90 Å². The molecule has 4 nitrogen and oxygen atoms in total. The summed E-state index contributed by atoms with van der Waals surface area (Å²) in [5.41, 5.74) is 3.14. The topological polar surface area (TPSA) is 60.8 Å². The Morgan fingerprint density at radius 2 is 1.45 bits per heavy atom. The molecule has 1 aliphatic rings. The highest BCUT2D eigenvalue weighted by Gasteiger charge is 2.31. The molecule has 0 fully saturated rings. The summed E-state index contributed by atoms with van der Waals surface area (Å²) in [6, 6.07) is 13.4. The molecule has 0 radical (unpaired) electrons. The third-order valence-electron chi connectivity index (χ3n) is 7.84. The second-order valence-corrected chi connectivity index (χ2v) is 10.9. The average Bonchev–Trinajstić information content (AvgIpc) is 2.92. The molecule has 0 aromatic heterocycles. The van der Waals surface area contributed by atoms with Gasteiger partial charge in [-0.25, -0.2) is 0 Å². The number of hydrogen-bond donors (Lipinski definition) is 2. The summed E-state index contributed by atoms with van der Waals surface area (Å²) in [4.78, 5) is 15.3. The van der Waals surface area contributed by atoms with Crippen LogP contribution in [0.2, 0.25) is 0 Å². The number of carbonyl (C=O) groups excluding carboxylic acids is 1. The molecule has 0 spiro atoms. The van der Waals surface area contributed by atoms with E-state index in [1.807, 2.05) is 23.1 Å². The molecular weight excluding hydrogens is 470 g/mol. The molecule has 1 amide bonds. The van der Waals surface area contributed by atoms with Crippen LogP contribution in [0.25, 0.3) is 0 Å². The fourth-order valence-electron chi connectivity index (χ4n) is 5.57. The molecule has 0 saturated heterocycles. The van der Waals surface area contributed by atoms with Gasteiger partial charge in [-0.05, 0) is 73.8 Å². The Balaban J connectivity index is 1.38. The van der Waals surface area contributed by atoms with Gasteiger partial charge in [-0.3, -0.25) is 4.79 Å². The summed E-state index contributed by atoms with van der Waals surface area (Å²) in [7, 11) is 0. The zero-order valence-corrected chi connectivity index (χ0v) is 23.5. The van der Waals surface area contributed by atoms with E-state index in [1.165, 1.54) is 70.6 Å². The second-order valence-electron chi connectivity index (χ2n) is 10.9. The van der Waals surface area contributed by atoms with Crippen molar-refractivity contribution in [2.24, 2.45) is 0 Å². The number of hydrogen-bond acceptors (Lipinski definition) is 3. The van der Waals surface area contributed by atoms with Crippen molar-refractivity contribution in [2.45, 2.75) is 116 Å². The Labute approximate surface area is 230 Å². The number of phenols is 2. The van der Waals surface area contributed by atoms with Crippen LogP contribution >= 0.6 is 0 Å².